The Balaban J connectivity index is 1.79. The molecule has 3 rings (SSSR count). The second kappa shape index (κ2) is 7.00. The van der Waals surface area contributed by atoms with Gasteiger partial charge in [-0.3, -0.25) is 4.21 Å². The van der Waals surface area contributed by atoms with E-state index in [1.807, 2.05) is 38.1 Å². The van der Waals surface area contributed by atoms with Crippen LogP contribution in [0.2, 0.25) is 0 Å². The van der Waals surface area contributed by atoms with Gasteiger partial charge in [-0.05, 0) is 47.5 Å². The fourth-order valence-electron chi connectivity index (χ4n) is 2.33. The average molecular weight is 344 g/mol. The van der Waals surface area contributed by atoms with Gasteiger partial charge in [-0.15, -0.1) is 5.10 Å². The Bertz CT molecular complexity index is 877. The molecule has 1 aromatic heterocycles. The molecule has 1 heterocycles. The van der Waals surface area contributed by atoms with E-state index in [9.17, 15) is 8.60 Å². The minimum atomic E-state index is -1.19. The van der Waals surface area contributed by atoms with E-state index in [4.69, 9.17) is 0 Å². The minimum Gasteiger partial charge on any atom is -0.259 e. The zero-order valence-electron chi connectivity index (χ0n) is 13.4. The molecule has 0 amide bonds. The van der Waals surface area contributed by atoms with Crippen molar-refractivity contribution in [3.8, 4) is 5.69 Å². The molecule has 3 aromatic rings. The van der Waals surface area contributed by atoms with Crippen molar-refractivity contribution in [2.45, 2.75) is 25.4 Å². The van der Waals surface area contributed by atoms with Gasteiger partial charge in [-0.1, -0.05) is 35.9 Å². The number of aryl methyl sites for hydroxylation is 2. The first kappa shape index (κ1) is 16.4. The maximum atomic E-state index is 14.0. The Morgan fingerprint density at radius 1 is 1.04 bits per heavy atom. The van der Waals surface area contributed by atoms with Gasteiger partial charge in [0.25, 0.3) is 0 Å². The predicted octanol–water partition coefficient (Wildman–Crippen LogP) is 2.87. The second-order valence-corrected chi connectivity index (χ2v) is 7.13. The van der Waals surface area contributed by atoms with Gasteiger partial charge in [-0.2, -0.15) is 4.68 Å². The molecule has 124 valence electrons. The van der Waals surface area contributed by atoms with Crippen molar-refractivity contribution < 1.29 is 8.60 Å². The summed E-state index contributed by atoms with van der Waals surface area (Å²) in [7, 11) is -1.19. The number of tetrazole rings is 1. The van der Waals surface area contributed by atoms with Gasteiger partial charge in [0.1, 0.15) is 11.5 Å². The molecule has 5 nitrogen and oxygen atoms in total. The molecule has 0 unspecified atom stereocenters. The Kier molecular flexibility index (Phi) is 4.80. The van der Waals surface area contributed by atoms with Gasteiger partial charge in [0, 0.05) is 16.6 Å². The van der Waals surface area contributed by atoms with E-state index in [0.29, 0.717) is 11.6 Å². The minimum absolute atomic E-state index is 0.161. The first-order valence-electron chi connectivity index (χ1n) is 7.47. The van der Waals surface area contributed by atoms with E-state index in [0.717, 1.165) is 16.7 Å². The molecule has 0 radical (unpaired) electrons. The predicted molar refractivity (Wildman–Crippen MR) is 90.6 cm³/mol. The first-order valence-corrected chi connectivity index (χ1v) is 8.96. The highest BCUT2D eigenvalue weighted by atomic mass is 32.2. The SMILES string of the molecule is Cc1ccc(C[S@@](=O)Cc2nnnn2-c2cc(C)ccc2F)cc1. The Morgan fingerprint density at radius 2 is 1.75 bits per heavy atom. The van der Waals surface area contributed by atoms with Crippen LogP contribution in [0.25, 0.3) is 5.69 Å². The van der Waals surface area contributed by atoms with Crippen LogP contribution in [-0.4, -0.2) is 24.4 Å². The van der Waals surface area contributed by atoms with Crippen LogP contribution in [0.5, 0.6) is 0 Å². The number of rotatable bonds is 5. The Morgan fingerprint density at radius 3 is 2.50 bits per heavy atom. The third-order valence-corrected chi connectivity index (χ3v) is 4.84. The van der Waals surface area contributed by atoms with E-state index >= 15 is 0 Å². The van der Waals surface area contributed by atoms with Crippen molar-refractivity contribution in [1.29, 1.82) is 0 Å². The van der Waals surface area contributed by atoms with Gasteiger partial charge in [0.15, 0.2) is 5.82 Å². The van der Waals surface area contributed by atoms with Crippen molar-refractivity contribution in [3.05, 3.63) is 70.8 Å². The van der Waals surface area contributed by atoms with Crippen LogP contribution in [0.3, 0.4) is 0 Å². The summed E-state index contributed by atoms with van der Waals surface area (Å²) < 4.78 is 27.8. The molecule has 1 atom stereocenters. The molecule has 0 fully saturated rings. The lowest BCUT2D eigenvalue weighted by molar-refractivity contribution is 0.603. The Hall–Kier alpha value is -2.41. The van der Waals surface area contributed by atoms with Crippen LogP contribution < -0.4 is 0 Å². The average Bonchev–Trinajstić information content (AvgIpc) is 3.00. The molecule has 0 spiro atoms. The normalized spacial score (nSPS) is 12.3. The maximum absolute atomic E-state index is 14.0. The summed E-state index contributed by atoms with van der Waals surface area (Å²) in [5.41, 5.74) is 3.30. The lowest BCUT2D eigenvalue weighted by Gasteiger charge is -2.07. The van der Waals surface area contributed by atoms with Crippen molar-refractivity contribution in [2.24, 2.45) is 0 Å². The number of nitrogens with zero attached hydrogens (tertiary/aromatic N) is 4. The van der Waals surface area contributed by atoms with E-state index in [1.54, 1.807) is 12.1 Å². The molecular formula is C17H17FN4OS. The van der Waals surface area contributed by atoms with Gasteiger partial charge in [-0.25, -0.2) is 4.39 Å². The van der Waals surface area contributed by atoms with E-state index in [2.05, 4.69) is 15.5 Å². The van der Waals surface area contributed by atoms with E-state index in [1.165, 1.54) is 10.7 Å². The smallest absolute Gasteiger partial charge is 0.169 e. The van der Waals surface area contributed by atoms with Crippen LogP contribution in [0.1, 0.15) is 22.5 Å². The lowest BCUT2D eigenvalue weighted by atomic mass is 10.2. The van der Waals surface area contributed by atoms with E-state index < -0.39 is 16.6 Å². The van der Waals surface area contributed by atoms with Crippen molar-refractivity contribution in [2.75, 3.05) is 0 Å². The van der Waals surface area contributed by atoms with Crippen LogP contribution in [0.4, 0.5) is 4.39 Å². The standard InChI is InChI=1S/C17H17FN4OS/c1-12-3-6-14(7-4-12)10-24(23)11-17-19-20-21-22(17)16-9-13(2)5-8-15(16)18/h3-9H,10-11H2,1-2H3/t24-/m1/s1. The summed E-state index contributed by atoms with van der Waals surface area (Å²) in [5.74, 6) is 0.529. The summed E-state index contributed by atoms with van der Waals surface area (Å²) in [6.45, 7) is 3.87. The van der Waals surface area contributed by atoms with Crippen molar-refractivity contribution in [1.82, 2.24) is 20.2 Å². The third-order valence-electron chi connectivity index (χ3n) is 3.60. The van der Waals surface area contributed by atoms with Crippen LogP contribution in [0.15, 0.2) is 42.5 Å². The van der Waals surface area contributed by atoms with Crippen LogP contribution in [-0.2, 0) is 22.3 Å². The lowest BCUT2D eigenvalue weighted by Crippen LogP contribution is -2.09. The van der Waals surface area contributed by atoms with Crippen LogP contribution in [0, 0.1) is 19.7 Å². The molecule has 0 aliphatic rings. The number of aromatic nitrogens is 4. The molecular weight excluding hydrogens is 327 g/mol. The molecule has 0 aliphatic carbocycles. The number of halogens is 1. The monoisotopic (exact) mass is 344 g/mol. The van der Waals surface area contributed by atoms with Gasteiger partial charge >= 0.3 is 0 Å². The zero-order chi connectivity index (χ0) is 17.1. The summed E-state index contributed by atoms with van der Waals surface area (Å²) in [4.78, 5) is 0. The first-order chi connectivity index (χ1) is 11.5. The highest BCUT2D eigenvalue weighted by molar-refractivity contribution is 7.83. The molecule has 0 saturated carbocycles. The topological polar surface area (TPSA) is 60.7 Å². The summed E-state index contributed by atoms with van der Waals surface area (Å²) in [6.07, 6.45) is 0. The van der Waals surface area contributed by atoms with Gasteiger partial charge < -0.3 is 0 Å². The van der Waals surface area contributed by atoms with Gasteiger partial charge in [0.2, 0.25) is 0 Å². The van der Waals surface area contributed by atoms with Crippen molar-refractivity contribution in [3.63, 3.8) is 0 Å². The fourth-order valence-corrected chi connectivity index (χ4v) is 3.47. The highest BCUT2D eigenvalue weighted by Crippen LogP contribution is 2.16. The summed E-state index contributed by atoms with van der Waals surface area (Å²) in [5, 5.41) is 11.3. The molecule has 0 bridgehead atoms. The summed E-state index contributed by atoms with van der Waals surface area (Å²) >= 11 is 0. The quantitative estimate of drug-likeness (QED) is 0.714. The fraction of sp³-hybridized carbons (Fsp3) is 0.235. The van der Waals surface area contributed by atoms with Crippen molar-refractivity contribution >= 4 is 10.8 Å². The molecule has 0 saturated heterocycles. The maximum Gasteiger partial charge on any atom is 0.169 e. The van der Waals surface area contributed by atoms with Gasteiger partial charge in [0.05, 0.1) is 5.75 Å². The molecule has 2 aromatic carbocycles. The highest BCUT2D eigenvalue weighted by Gasteiger charge is 2.15. The van der Waals surface area contributed by atoms with Crippen LogP contribution >= 0.6 is 0 Å². The third kappa shape index (κ3) is 3.73. The Labute approximate surface area is 142 Å². The summed E-state index contributed by atoms with van der Waals surface area (Å²) in [6, 6.07) is 12.6. The molecule has 7 heteroatoms. The number of hydrogen-bond donors (Lipinski definition) is 0. The van der Waals surface area contributed by atoms with E-state index in [-0.39, 0.29) is 11.4 Å². The number of hydrogen-bond acceptors (Lipinski definition) is 4. The zero-order valence-corrected chi connectivity index (χ0v) is 14.3. The molecule has 24 heavy (non-hydrogen) atoms. The molecule has 0 N–H and O–H groups in total. The largest absolute Gasteiger partial charge is 0.259 e. The molecule has 0 aliphatic heterocycles. The second-order valence-electron chi connectivity index (χ2n) is 5.68. The number of benzene rings is 2.